The zero-order valence-corrected chi connectivity index (χ0v) is 10.3. The maximum absolute atomic E-state index is 13.4. The third-order valence-electron chi connectivity index (χ3n) is 2.24. The van der Waals surface area contributed by atoms with Crippen LogP contribution >= 0.6 is 15.9 Å². The van der Waals surface area contributed by atoms with E-state index < -0.39 is 5.82 Å². The van der Waals surface area contributed by atoms with Crippen molar-refractivity contribution in [3.05, 3.63) is 58.3 Å². The van der Waals surface area contributed by atoms with E-state index in [-0.39, 0.29) is 12.2 Å². The van der Waals surface area contributed by atoms with E-state index in [1.807, 2.05) is 0 Å². The first-order chi connectivity index (χ1) is 8.16. The van der Waals surface area contributed by atoms with Gasteiger partial charge in [-0.2, -0.15) is 0 Å². The predicted octanol–water partition coefficient (Wildman–Crippen LogP) is 2.80. The number of carbonyl (C=O) groups is 1. The van der Waals surface area contributed by atoms with Gasteiger partial charge >= 0.3 is 0 Å². The van der Waals surface area contributed by atoms with Gasteiger partial charge in [-0.3, -0.25) is 4.79 Å². The standard InChI is InChI=1S/C12H8BrFN2O/c13-10-1-2-11(14)8(3-10)4-12(17)9-5-15-7-16-6-9/h1-3,5-7H,4H2. The molecular weight excluding hydrogens is 287 g/mol. The lowest BCUT2D eigenvalue weighted by Gasteiger charge is -2.03. The first-order valence-electron chi connectivity index (χ1n) is 4.89. The van der Waals surface area contributed by atoms with Gasteiger partial charge in [0.25, 0.3) is 0 Å². The second-order valence-corrected chi connectivity index (χ2v) is 4.38. The number of aromatic nitrogens is 2. The number of carbonyl (C=O) groups excluding carboxylic acids is 1. The van der Waals surface area contributed by atoms with Gasteiger partial charge in [-0.25, -0.2) is 14.4 Å². The first kappa shape index (κ1) is 11.9. The summed E-state index contributed by atoms with van der Waals surface area (Å²) in [6, 6.07) is 4.51. The fourth-order valence-electron chi connectivity index (χ4n) is 1.40. The Labute approximate surface area is 106 Å². The minimum atomic E-state index is -0.390. The number of halogens is 2. The first-order valence-corrected chi connectivity index (χ1v) is 5.68. The molecule has 0 aliphatic heterocycles. The quantitative estimate of drug-likeness (QED) is 0.818. The molecule has 2 aromatic rings. The highest BCUT2D eigenvalue weighted by Crippen LogP contribution is 2.17. The second-order valence-electron chi connectivity index (χ2n) is 3.46. The van der Waals surface area contributed by atoms with Gasteiger partial charge in [0.05, 0.1) is 5.56 Å². The summed E-state index contributed by atoms with van der Waals surface area (Å²) in [7, 11) is 0. The molecule has 1 heterocycles. The van der Waals surface area contributed by atoms with E-state index in [2.05, 4.69) is 25.9 Å². The average molecular weight is 295 g/mol. The molecule has 0 saturated heterocycles. The highest BCUT2D eigenvalue weighted by atomic mass is 79.9. The largest absolute Gasteiger partial charge is 0.294 e. The number of benzene rings is 1. The molecule has 1 aromatic heterocycles. The van der Waals surface area contributed by atoms with E-state index in [9.17, 15) is 9.18 Å². The lowest BCUT2D eigenvalue weighted by atomic mass is 10.1. The van der Waals surface area contributed by atoms with Gasteiger partial charge in [0, 0.05) is 23.3 Å². The molecule has 5 heteroatoms. The summed E-state index contributed by atoms with van der Waals surface area (Å²) in [5, 5.41) is 0. The monoisotopic (exact) mass is 294 g/mol. The van der Waals surface area contributed by atoms with Crippen molar-refractivity contribution >= 4 is 21.7 Å². The summed E-state index contributed by atoms with van der Waals surface area (Å²) >= 11 is 3.24. The molecule has 0 fully saturated rings. The predicted molar refractivity (Wildman–Crippen MR) is 64.2 cm³/mol. The number of rotatable bonds is 3. The van der Waals surface area contributed by atoms with Crippen LogP contribution in [0.4, 0.5) is 4.39 Å². The topological polar surface area (TPSA) is 42.9 Å². The molecule has 2 rings (SSSR count). The number of Topliss-reactive ketones (excluding diaryl/α,β-unsaturated/α-hetero) is 1. The zero-order valence-electron chi connectivity index (χ0n) is 8.73. The Morgan fingerprint density at radius 3 is 2.71 bits per heavy atom. The van der Waals surface area contributed by atoms with Crippen LogP contribution < -0.4 is 0 Å². The number of hydrogen-bond acceptors (Lipinski definition) is 3. The van der Waals surface area contributed by atoms with Crippen molar-refractivity contribution in [2.75, 3.05) is 0 Å². The Kier molecular flexibility index (Phi) is 3.58. The van der Waals surface area contributed by atoms with Crippen LogP contribution in [0.15, 0.2) is 41.4 Å². The van der Waals surface area contributed by atoms with E-state index in [4.69, 9.17) is 0 Å². The van der Waals surface area contributed by atoms with Crippen LogP contribution in [0.2, 0.25) is 0 Å². The summed E-state index contributed by atoms with van der Waals surface area (Å²) < 4.78 is 14.2. The summed E-state index contributed by atoms with van der Waals surface area (Å²) in [5.41, 5.74) is 0.736. The molecule has 17 heavy (non-hydrogen) atoms. The fraction of sp³-hybridized carbons (Fsp3) is 0.0833. The Balaban J connectivity index is 2.22. The zero-order chi connectivity index (χ0) is 12.3. The van der Waals surface area contributed by atoms with E-state index in [0.717, 1.165) is 4.47 Å². The SMILES string of the molecule is O=C(Cc1cc(Br)ccc1F)c1cncnc1. The fourth-order valence-corrected chi connectivity index (χ4v) is 1.81. The van der Waals surface area contributed by atoms with Gasteiger partial charge in [0.2, 0.25) is 0 Å². The van der Waals surface area contributed by atoms with Crippen molar-refractivity contribution in [3.8, 4) is 0 Å². The Morgan fingerprint density at radius 2 is 2.00 bits per heavy atom. The summed E-state index contributed by atoms with van der Waals surface area (Å²) in [6.45, 7) is 0. The van der Waals surface area contributed by atoms with Crippen molar-refractivity contribution in [2.45, 2.75) is 6.42 Å². The minimum absolute atomic E-state index is 0.00134. The summed E-state index contributed by atoms with van der Waals surface area (Å²) in [6.07, 6.45) is 4.19. The maximum Gasteiger partial charge on any atom is 0.170 e. The van der Waals surface area contributed by atoms with E-state index >= 15 is 0 Å². The molecule has 0 aliphatic carbocycles. The molecule has 0 spiro atoms. The number of ketones is 1. The molecule has 0 bridgehead atoms. The second kappa shape index (κ2) is 5.14. The molecular formula is C12H8BrFN2O. The van der Waals surface area contributed by atoms with Crippen molar-refractivity contribution in [2.24, 2.45) is 0 Å². The molecule has 0 aliphatic rings. The number of nitrogens with zero attached hydrogens (tertiary/aromatic N) is 2. The molecule has 0 atom stereocenters. The van der Waals surface area contributed by atoms with Crippen LogP contribution in [-0.2, 0) is 6.42 Å². The van der Waals surface area contributed by atoms with Crippen molar-refractivity contribution in [1.82, 2.24) is 9.97 Å². The lowest BCUT2D eigenvalue weighted by molar-refractivity contribution is 0.0991. The minimum Gasteiger partial charge on any atom is -0.294 e. The van der Waals surface area contributed by atoms with Gasteiger partial charge in [-0.1, -0.05) is 15.9 Å². The highest BCUT2D eigenvalue weighted by molar-refractivity contribution is 9.10. The van der Waals surface area contributed by atoms with E-state index in [1.165, 1.54) is 24.8 Å². The van der Waals surface area contributed by atoms with Gasteiger partial charge in [-0.15, -0.1) is 0 Å². The molecule has 0 N–H and O–H groups in total. The van der Waals surface area contributed by atoms with Crippen LogP contribution in [0.3, 0.4) is 0 Å². The van der Waals surface area contributed by atoms with Crippen molar-refractivity contribution in [3.63, 3.8) is 0 Å². The Bertz CT molecular complexity index is 545. The van der Waals surface area contributed by atoms with Crippen LogP contribution in [0, 0.1) is 5.82 Å². The Morgan fingerprint density at radius 1 is 1.29 bits per heavy atom. The van der Waals surface area contributed by atoms with Gasteiger partial charge < -0.3 is 0 Å². The van der Waals surface area contributed by atoms with E-state index in [1.54, 1.807) is 12.1 Å². The van der Waals surface area contributed by atoms with Gasteiger partial charge in [-0.05, 0) is 23.8 Å². The third kappa shape index (κ3) is 2.94. The van der Waals surface area contributed by atoms with Crippen molar-refractivity contribution < 1.29 is 9.18 Å². The summed E-state index contributed by atoms with van der Waals surface area (Å²) in [5.74, 6) is -0.596. The lowest BCUT2D eigenvalue weighted by Crippen LogP contribution is -2.06. The summed E-state index contributed by atoms with van der Waals surface area (Å²) in [4.78, 5) is 19.3. The molecule has 3 nitrogen and oxygen atoms in total. The number of hydrogen-bond donors (Lipinski definition) is 0. The molecule has 1 aromatic carbocycles. The maximum atomic E-state index is 13.4. The third-order valence-corrected chi connectivity index (χ3v) is 2.73. The van der Waals surface area contributed by atoms with E-state index in [0.29, 0.717) is 11.1 Å². The smallest absolute Gasteiger partial charge is 0.170 e. The van der Waals surface area contributed by atoms with Crippen LogP contribution in [-0.4, -0.2) is 15.8 Å². The Hall–Kier alpha value is -1.62. The molecule has 0 amide bonds. The highest BCUT2D eigenvalue weighted by Gasteiger charge is 2.11. The molecule has 0 unspecified atom stereocenters. The molecule has 86 valence electrons. The van der Waals surface area contributed by atoms with Crippen molar-refractivity contribution in [1.29, 1.82) is 0 Å². The van der Waals surface area contributed by atoms with Gasteiger partial charge in [0.1, 0.15) is 12.1 Å². The molecule has 0 saturated carbocycles. The normalized spacial score (nSPS) is 10.2. The van der Waals surface area contributed by atoms with Gasteiger partial charge in [0.15, 0.2) is 5.78 Å². The van der Waals surface area contributed by atoms with Crippen LogP contribution in [0.5, 0.6) is 0 Å². The van der Waals surface area contributed by atoms with Crippen LogP contribution in [0.25, 0.3) is 0 Å². The average Bonchev–Trinajstić information content (AvgIpc) is 2.35. The molecule has 0 radical (unpaired) electrons. The van der Waals surface area contributed by atoms with Crippen LogP contribution in [0.1, 0.15) is 15.9 Å².